The van der Waals surface area contributed by atoms with Crippen molar-refractivity contribution in [2.75, 3.05) is 33.4 Å². The van der Waals surface area contributed by atoms with Gasteiger partial charge in [0.15, 0.2) is 0 Å². The molecule has 1 unspecified atom stereocenters. The molecule has 1 aromatic rings. The van der Waals surface area contributed by atoms with Gasteiger partial charge in [-0.3, -0.25) is 0 Å². The van der Waals surface area contributed by atoms with Gasteiger partial charge in [-0.1, -0.05) is 0 Å². The molecule has 1 atom stereocenters. The molecule has 0 aromatic heterocycles. The summed E-state index contributed by atoms with van der Waals surface area (Å²) in [6.45, 7) is 8.05. The molecule has 0 N–H and O–H groups in total. The van der Waals surface area contributed by atoms with Crippen molar-refractivity contribution in [1.82, 2.24) is 4.31 Å². The van der Waals surface area contributed by atoms with Gasteiger partial charge in [0.2, 0.25) is 10.0 Å². The molecule has 1 saturated heterocycles. The van der Waals surface area contributed by atoms with Crippen molar-refractivity contribution in [2.45, 2.75) is 38.5 Å². The Hall–Kier alpha value is -1.11. The van der Waals surface area contributed by atoms with Gasteiger partial charge >= 0.3 is 0 Å². The highest BCUT2D eigenvalue weighted by molar-refractivity contribution is 7.89. The quantitative estimate of drug-likeness (QED) is 0.798. The van der Waals surface area contributed by atoms with Gasteiger partial charge in [0.05, 0.1) is 18.6 Å². The number of nitrogens with zero attached hydrogens (tertiary/aromatic N) is 1. The molecule has 0 aliphatic carbocycles. The fourth-order valence-corrected chi connectivity index (χ4v) is 4.91. The maximum Gasteiger partial charge on any atom is 0.243 e. The number of rotatable bonds is 6. The summed E-state index contributed by atoms with van der Waals surface area (Å²) in [5, 5.41) is 0. The average Bonchev–Trinajstić information content (AvgIpc) is 2.54. The van der Waals surface area contributed by atoms with Crippen molar-refractivity contribution in [3.05, 3.63) is 23.3 Å². The van der Waals surface area contributed by atoms with Gasteiger partial charge in [0.1, 0.15) is 5.75 Å². The predicted molar refractivity (Wildman–Crippen MR) is 90.4 cm³/mol. The molecule has 1 fully saturated rings. The first-order chi connectivity index (χ1) is 10.9. The van der Waals surface area contributed by atoms with E-state index in [1.807, 2.05) is 20.8 Å². The molecule has 1 aliphatic heterocycles. The summed E-state index contributed by atoms with van der Waals surface area (Å²) in [5.41, 5.74) is 1.55. The first kappa shape index (κ1) is 18.2. The smallest absolute Gasteiger partial charge is 0.243 e. The summed E-state index contributed by atoms with van der Waals surface area (Å²) in [5.74, 6) is 0.993. The Labute approximate surface area is 139 Å². The second kappa shape index (κ2) is 7.64. The lowest BCUT2D eigenvalue weighted by Gasteiger charge is -2.32. The van der Waals surface area contributed by atoms with Crippen molar-refractivity contribution < 1.29 is 17.9 Å². The number of ether oxygens (including phenoxy) is 2. The Bertz CT molecular complexity index is 642. The summed E-state index contributed by atoms with van der Waals surface area (Å²) < 4.78 is 38.4. The second-order valence-electron chi connectivity index (χ2n) is 6.12. The lowest BCUT2D eigenvalue weighted by atomic mass is 10.0. The van der Waals surface area contributed by atoms with Crippen LogP contribution in [0.15, 0.2) is 17.0 Å². The molecule has 6 heteroatoms. The fourth-order valence-electron chi connectivity index (χ4n) is 3.07. The molecule has 2 rings (SSSR count). The number of hydrogen-bond acceptors (Lipinski definition) is 4. The van der Waals surface area contributed by atoms with E-state index >= 15 is 0 Å². The van der Waals surface area contributed by atoms with Crippen LogP contribution in [-0.2, 0) is 14.8 Å². The molecule has 130 valence electrons. The van der Waals surface area contributed by atoms with Gasteiger partial charge in [0, 0.05) is 19.7 Å². The van der Waals surface area contributed by atoms with Crippen LogP contribution in [0, 0.1) is 19.8 Å². The molecule has 1 aromatic carbocycles. The first-order valence-electron chi connectivity index (χ1n) is 8.13. The number of hydrogen-bond donors (Lipinski definition) is 0. The monoisotopic (exact) mass is 341 g/mol. The topological polar surface area (TPSA) is 55.8 Å². The van der Waals surface area contributed by atoms with E-state index in [9.17, 15) is 8.42 Å². The minimum atomic E-state index is -3.48. The largest absolute Gasteiger partial charge is 0.496 e. The third kappa shape index (κ3) is 4.05. The minimum Gasteiger partial charge on any atom is -0.496 e. The van der Waals surface area contributed by atoms with Crippen LogP contribution in [0.4, 0.5) is 0 Å². The minimum absolute atomic E-state index is 0.276. The van der Waals surface area contributed by atoms with E-state index in [2.05, 4.69) is 0 Å². The maximum atomic E-state index is 13.0. The highest BCUT2D eigenvalue weighted by Gasteiger charge is 2.31. The lowest BCUT2D eigenvalue weighted by Crippen LogP contribution is -2.41. The molecular formula is C17H27NO4S. The van der Waals surface area contributed by atoms with Crippen LogP contribution in [0.2, 0.25) is 0 Å². The first-order valence-corrected chi connectivity index (χ1v) is 9.57. The number of aryl methyl sites for hydroxylation is 2. The van der Waals surface area contributed by atoms with Crippen LogP contribution in [0.3, 0.4) is 0 Å². The molecule has 5 nitrogen and oxygen atoms in total. The van der Waals surface area contributed by atoms with Gasteiger partial charge in [-0.05, 0) is 62.8 Å². The van der Waals surface area contributed by atoms with Crippen LogP contribution in [-0.4, -0.2) is 46.1 Å². The third-order valence-electron chi connectivity index (χ3n) is 4.35. The molecular weight excluding hydrogens is 314 g/mol. The van der Waals surface area contributed by atoms with E-state index < -0.39 is 10.0 Å². The number of piperidine rings is 1. The SMILES string of the molecule is CCOCC1CCCN(S(=O)(=O)c2cc(C)c(OC)cc2C)C1. The van der Waals surface area contributed by atoms with Crippen LogP contribution < -0.4 is 4.74 Å². The highest BCUT2D eigenvalue weighted by atomic mass is 32.2. The number of benzene rings is 1. The Balaban J connectivity index is 2.26. The Morgan fingerprint density at radius 1 is 1.26 bits per heavy atom. The van der Waals surface area contributed by atoms with Crippen LogP contribution in [0.5, 0.6) is 5.75 Å². The number of methoxy groups -OCH3 is 1. The standard InChI is InChI=1S/C17H27NO4S/c1-5-22-12-15-7-6-8-18(11-15)23(19,20)17-10-13(2)16(21-4)9-14(17)3/h9-10,15H,5-8,11-12H2,1-4H3. The van der Waals surface area contributed by atoms with E-state index in [0.717, 1.165) is 24.0 Å². The zero-order valence-electron chi connectivity index (χ0n) is 14.5. The van der Waals surface area contributed by atoms with Gasteiger partial charge in [-0.15, -0.1) is 0 Å². The van der Waals surface area contributed by atoms with Crippen molar-refractivity contribution in [2.24, 2.45) is 5.92 Å². The zero-order chi connectivity index (χ0) is 17.0. The van der Waals surface area contributed by atoms with Crippen molar-refractivity contribution in [1.29, 1.82) is 0 Å². The number of sulfonamides is 1. The van der Waals surface area contributed by atoms with Gasteiger partial charge < -0.3 is 9.47 Å². The molecule has 0 radical (unpaired) electrons. The molecule has 0 saturated carbocycles. The van der Waals surface area contributed by atoms with E-state index in [-0.39, 0.29) is 5.92 Å². The van der Waals surface area contributed by atoms with E-state index in [1.54, 1.807) is 23.5 Å². The van der Waals surface area contributed by atoms with E-state index in [0.29, 0.717) is 36.9 Å². The molecule has 0 bridgehead atoms. The van der Waals surface area contributed by atoms with Crippen molar-refractivity contribution in [3.63, 3.8) is 0 Å². The van der Waals surface area contributed by atoms with Gasteiger partial charge in [0.25, 0.3) is 0 Å². The third-order valence-corrected chi connectivity index (χ3v) is 6.36. The summed E-state index contributed by atoms with van der Waals surface area (Å²) in [7, 11) is -1.88. The van der Waals surface area contributed by atoms with Crippen LogP contribution in [0.25, 0.3) is 0 Å². The molecule has 23 heavy (non-hydrogen) atoms. The predicted octanol–water partition coefficient (Wildman–Crippen LogP) is 2.75. The molecule has 0 spiro atoms. The molecule has 1 heterocycles. The van der Waals surface area contributed by atoms with Gasteiger partial charge in [-0.2, -0.15) is 4.31 Å². The van der Waals surface area contributed by atoms with Crippen LogP contribution >= 0.6 is 0 Å². The lowest BCUT2D eigenvalue weighted by molar-refractivity contribution is 0.0864. The summed E-state index contributed by atoms with van der Waals surface area (Å²) in [6.07, 6.45) is 1.90. The summed E-state index contributed by atoms with van der Waals surface area (Å²) in [6, 6.07) is 3.51. The van der Waals surface area contributed by atoms with Crippen LogP contribution in [0.1, 0.15) is 30.9 Å². The normalized spacial score (nSPS) is 19.7. The Morgan fingerprint density at radius 3 is 2.65 bits per heavy atom. The Morgan fingerprint density at radius 2 is 2.00 bits per heavy atom. The fraction of sp³-hybridized carbons (Fsp3) is 0.647. The van der Waals surface area contributed by atoms with Crippen molar-refractivity contribution in [3.8, 4) is 5.75 Å². The summed E-state index contributed by atoms with van der Waals surface area (Å²) >= 11 is 0. The van der Waals surface area contributed by atoms with Crippen molar-refractivity contribution >= 4 is 10.0 Å². The molecule has 1 aliphatic rings. The maximum absolute atomic E-state index is 13.0. The van der Waals surface area contributed by atoms with Gasteiger partial charge in [-0.25, -0.2) is 8.42 Å². The Kier molecular flexibility index (Phi) is 6.06. The highest BCUT2D eigenvalue weighted by Crippen LogP contribution is 2.30. The average molecular weight is 341 g/mol. The molecule has 0 amide bonds. The van der Waals surface area contributed by atoms with E-state index in [1.165, 1.54) is 0 Å². The summed E-state index contributed by atoms with van der Waals surface area (Å²) in [4.78, 5) is 0.382. The van der Waals surface area contributed by atoms with E-state index in [4.69, 9.17) is 9.47 Å². The zero-order valence-corrected chi connectivity index (χ0v) is 15.3. The second-order valence-corrected chi connectivity index (χ2v) is 8.02.